The molecular weight excluding hydrogens is 308 g/mol. The van der Waals surface area contributed by atoms with Gasteiger partial charge >= 0.3 is 11.9 Å². The molecule has 0 rings (SSSR count). The van der Waals surface area contributed by atoms with Crippen molar-refractivity contribution in [3.05, 3.63) is 12.2 Å². The summed E-state index contributed by atoms with van der Waals surface area (Å²) < 4.78 is 0. The topological polar surface area (TPSA) is 94.8 Å². The molecule has 0 fully saturated rings. The van der Waals surface area contributed by atoms with Crippen LogP contribution in [0, 0.1) is 0 Å². The molecule has 24 heavy (non-hydrogen) atoms. The minimum Gasteiger partial charge on any atom is -0.481 e. The van der Waals surface area contributed by atoms with Gasteiger partial charge in [0.15, 0.2) is 0 Å². The molecule has 0 saturated heterocycles. The number of aliphatic hydroxyl groups is 1. The van der Waals surface area contributed by atoms with Gasteiger partial charge in [-0.15, -0.1) is 0 Å². The summed E-state index contributed by atoms with van der Waals surface area (Å²) in [5.74, 6) is -1.46. The van der Waals surface area contributed by atoms with E-state index in [4.69, 9.17) is 10.2 Å². The second kappa shape index (κ2) is 16.5. The number of carboxylic acids is 2. The maximum atomic E-state index is 10.4. The van der Waals surface area contributed by atoms with Gasteiger partial charge in [-0.05, 0) is 38.5 Å². The van der Waals surface area contributed by atoms with Gasteiger partial charge in [0.05, 0.1) is 6.10 Å². The van der Waals surface area contributed by atoms with Gasteiger partial charge in [0.25, 0.3) is 0 Å². The lowest BCUT2D eigenvalue weighted by molar-refractivity contribution is -0.138. The fourth-order valence-electron chi connectivity index (χ4n) is 2.57. The molecule has 140 valence electrons. The average Bonchev–Trinajstić information content (AvgIpc) is 2.51. The fourth-order valence-corrected chi connectivity index (χ4v) is 2.57. The van der Waals surface area contributed by atoms with E-state index in [9.17, 15) is 14.7 Å². The van der Waals surface area contributed by atoms with Gasteiger partial charge in [0.2, 0.25) is 0 Å². The molecule has 0 aromatic rings. The average molecular weight is 342 g/mol. The van der Waals surface area contributed by atoms with Gasteiger partial charge in [-0.2, -0.15) is 0 Å². The third-order valence-corrected chi connectivity index (χ3v) is 4.01. The molecule has 1 unspecified atom stereocenters. The summed E-state index contributed by atoms with van der Waals surface area (Å²) in [6, 6.07) is 0. The van der Waals surface area contributed by atoms with Crippen LogP contribution in [0.2, 0.25) is 0 Å². The number of carbonyl (C=O) groups is 2. The number of hydrogen-bond acceptors (Lipinski definition) is 3. The third kappa shape index (κ3) is 18.7. The minimum absolute atomic E-state index is 0.218. The quantitative estimate of drug-likeness (QED) is 0.266. The number of aliphatic carboxylic acids is 2. The van der Waals surface area contributed by atoms with E-state index in [2.05, 4.69) is 6.08 Å². The summed E-state index contributed by atoms with van der Waals surface area (Å²) in [5, 5.41) is 26.9. The van der Waals surface area contributed by atoms with Crippen molar-refractivity contribution < 1.29 is 24.9 Å². The second-order valence-corrected chi connectivity index (χ2v) is 6.41. The molecule has 0 heterocycles. The van der Waals surface area contributed by atoms with Gasteiger partial charge in [0.1, 0.15) is 0 Å². The van der Waals surface area contributed by atoms with Gasteiger partial charge in [-0.1, -0.05) is 50.7 Å². The van der Waals surface area contributed by atoms with Gasteiger partial charge in [-0.3, -0.25) is 9.59 Å². The standard InChI is InChI=1S/C19H34O5/c20-17(14-10-8-12-16-19(23)24)13-9-6-4-2-1-3-5-7-11-15-18(21)22/h6,9,17,20H,1-5,7-8,10-16H2,(H,21,22)(H,23,24)/b9-6+. The van der Waals surface area contributed by atoms with Crippen LogP contribution in [-0.2, 0) is 9.59 Å². The highest BCUT2D eigenvalue weighted by atomic mass is 16.4. The highest BCUT2D eigenvalue weighted by molar-refractivity contribution is 5.66. The predicted molar refractivity (Wildman–Crippen MR) is 95.1 cm³/mol. The first kappa shape index (κ1) is 22.6. The SMILES string of the molecule is O=C(O)CCCCCCCC/C=C/CC(O)CCCCCC(=O)O. The maximum absolute atomic E-state index is 10.4. The first-order valence-electron chi connectivity index (χ1n) is 9.29. The van der Waals surface area contributed by atoms with Crippen LogP contribution in [0.3, 0.4) is 0 Å². The van der Waals surface area contributed by atoms with Crippen molar-refractivity contribution in [1.82, 2.24) is 0 Å². The van der Waals surface area contributed by atoms with Crippen LogP contribution in [0.5, 0.6) is 0 Å². The lowest BCUT2D eigenvalue weighted by Gasteiger charge is -2.07. The number of hydrogen-bond donors (Lipinski definition) is 3. The van der Waals surface area contributed by atoms with Crippen molar-refractivity contribution in [3.8, 4) is 0 Å². The number of aliphatic hydroxyl groups excluding tert-OH is 1. The smallest absolute Gasteiger partial charge is 0.303 e. The Bertz CT molecular complexity index is 352. The molecule has 0 aromatic carbocycles. The second-order valence-electron chi connectivity index (χ2n) is 6.41. The first-order valence-corrected chi connectivity index (χ1v) is 9.29. The lowest BCUT2D eigenvalue weighted by Crippen LogP contribution is -2.04. The van der Waals surface area contributed by atoms with Crippen LogP contribution in [-0.4, -0.2) is 33.4 Å². The Morgan fingerprint density at radius 1 is 0.708 bits per heavy atom. The van der Waals surface area contributed by atoms with Crippen LogP contribution in [0.1, 0.15) is 89.9 Å². The number of unbranched alkanes of at least 4 members (excludes halogenated alkanes) is 8. The molecule has 0 radical (unpaired) electrons. The molecule has 0 bridgehead atoms. The Labute approximate surface area is 145 Å². The van der Waals surface area contributed by atoms with Crippen LogP contribution in [0.4, 0.5) is 0 Å². The molecule has 0 aromatic heterocycles. The molecule has 0 saturated carbocycles. The number of rotatable bonds is 17. The molecule has 3 N–H and O–H groups in total. The van der Waals surface area contributed by atoms with E-state index in [0.717, 1.165) is 57.8 Å². The van der Waals surface area contributed by atoms with Gasteiger partial charge in [0, 0.05) is 12.8 Å². The molecule has 0 aliphatic carbocycles. The molecule has 0 aliphatic rings. The zero-order valence-corrected chi connectivity index (χ0v) is 14.8. The molecule has 5 nitrogen and oxygen atoms in total. The summed E-state index contributed by atoms with van der Waals surface area (Å²) >= 11 is 0. The fraction of sp³-hybridized carbons (Fsp3) is 0.789. The van der Waals surface area contributed by atoms with Gasteiger partial charge < -0.3 is 15.3 Å². The lowest BCUT2D eigenvalue weighted by atomic mass is 10.1. The number of carboxylic acid groups (broad SMARTS) is 2. The van der Waals surface area contributed by atoms with Crippen molar-refractivity contribution in [2.24, 2.45) is 0 Å². The Morgan fingerprint density at radius 2 is 1.21 bits per heavy atom. The Kier molecular flexibility index (Phi) is 15.6. The van der Waals surface area contributed by atoms with Crippen molar-refractivity contribution >= 4 is 11.9 Å². The first-order chi connectivity index (χ1) is 11.5. The molecule has 0 amide bonds. The summed E-state index contributed by atoms with van der Waals surface area (Å²) in [7, 11) is 0. The monoisotopic (exact) mass is 342 g/mol. The molecule has 0 spiro atoms. The molecule has 1 atom stereocenters. The maximum Gasteiger partial charge on any atom is 0.303 e. The summed E-state index contributed by atoms with van der Waals surface area (Å²) in [5.41, 5.74) is 0. The van der Waals surface area contributed by atoms with E-state index in [0.29, 0.717) is 12.8 Å². The van der Waals surface area contributed by atoms with Crippen molar-refractivity contribution in [3.63, 3.8) is 0 Å². The largest absolute Gasteiger partial charge is 0.481 e. The highest BCUT2D eigenvalue weighted by Crippen LogP contribution is 2.11. The Hall–Kier alpha value is -1.36. The summed E-state index contributed by atoms with van der Waals surface area (Å²) in [6.07, 6.45) is 15.6. The van der Waals surface area contributed by atoms with E-state index in [-0.39, 0.29) is 18.9 Å². The van der Waals surface area contributed by atoms with Crippen LogP contribution >= 0.6 is 0 Å². The summed E-state index contributed by atoms with van der Waals surface area (Å²) in [6.45, 7) is 0. The summed E-state index contributed by atoms with van der Waals surface area (Å²) in [4.78, 5) is 20.7. The van der Waals surface area contributed by atoms with Crippen molar-refractivity contribution in [2.75, 3.05) is 0 Å². The van der Waals surface area contributed by atoms with E-state index in [1.807, 2.05) is 6.08 Å². The molecular formula is C19H34O5. The molecule has 0 aliphatic heterocycles. The van der Waals surface area contributed by atoms with Crippen LogP contribution in [0.15, 0.2) is 12.2 Å². The third-order valence-electron chi connectivity index (χ3n) is 4.01. The Balaban J connectivity index is 3.30. The van der Waals surface area contributed by atoms with Crippen molar-refractivity contribution in [2.45, 2.75) is 96.0 Å². The highest BCUT2D eigenvalue weighted by Gasteiger charge is 2.02. The van der Waals surface area contributed by atoms with E-state index in [1.54, 1.807) is 0 Å². The zero-order valence-electron chi connectivity index (χ0n) is 14.8. The minimum atomic E-state index is -0.751. The zero-order chi connectivity index (χ0) is 18.0. The van der Waals surface area contributed by atoms with Crippen LogP contribution < -0.4 is 0 Å². The van der Waals surface area contributed by atoms with E-state index < -0.39 is 11.9 Å². The van der Waals surface area contributed by atoms with E-state index >= 15 is 0 Å². The predicted octanol–water partition coefficient (Wildman–Crippen LogP) is 4.53. The van der Waals surface area contributed by atoms with Gasteiger partial charge in [-0.25, -0.2) is 0 Å². The Morgan fingerprint density at radius 3 is 1.79 bits per heavy atom. The van der Waals surface area contributed by atoms with Crippen LogP contribution in [0.25, 0.3) is 0 Å². The molecule has 5 heteroatoms. The van der Waals surface area contributed by atoms with E-state index in [1.165, 1.54) is 6.42 Å². The number of allylic oxidation sites excluding steroid dienone is 1. The normalized spacial score (nSPS) is 12.5. The van der Waals surface area contributed by atoms with Crippen molar-refractivity contribution in [1.29, 1.82) is 0 Å².